The lowest BCUT2D eigenvalue weighted by Gasteiger charge is -2.22. The van der Waals surface area contributed by atoms with Gasteiger partial charge in [0.2, 0.25) is 0 Å². The number of aromatic nitrogens is 2. The number of nitrogens with zero attached hydrogens (tertiary/aromatic N) is 3. The van der Waals surface area contributed by atoms with Crippen LogP contribution in [0.2, 0.25) is 0 Å². The zero-order valence-corrected chi connectivity index (χ0v) is 18.5. The van der Waals surface area contributed by atoms with Gasteiger partial charge in [-0.2, -0.15) is 0 Å². The SMILES string of the molecule is COc1ccc(-c2nc3c(c(N4CCc5cc(CC(=O)O)ccc54)n2)CS(=O)(=O)C3)cc1F. The van der Waals surface area contributed by atoms with Crippen molar-refractivity contribution in [2.24, 2.45) is 0 Å². The number of carbonyl (C=O) groups is 1. The molecule has 2 aromatic carbocycles. The van der Waals surface area contributed by atoms with Crippen molar-refractivity contribution in [3.8, 4) is 17.1 Å². The van der Waals surface area contributed by atoms with E-state index in [9.17, 15) is 17.6 Å². The molecule has 3 heterocycles. The molecule has 0 amide bonds. The summed E-state index contributed by atoms with van der Waals surface area (Å²) < 4.78 is 44.1. The number of rotatable bonds is 5. The number of halogens is 1. The number of sulfone groups is 1. The van der Waals surface area contributed by atoms with Gasteiger partial charge in [0.05, 0.1) is 30.7 Å². The lowest BCUT2D eigenvalue weighted by Crippen LogP contribution is -2.18. The average Bonchev–Trinajstić information content (AvgIpc) is 3.31. The van der Waals surface area contributed by atoms with Crippen LogP contribution < -0.4 is 9.64 Å². The Hall–Kier alpha value is -3.53. The molecule has 1 aromatic heterocycles. The monoisotopic (exact) mass is 469 g/mol. The zero-order chi connectivity index (χ0) is 23.3. The topological polar surface area (TPSA) is 110 Å². The molecule has 8 nitrogen and oxygen atoms in total. The third-order valence-corrected chi connectivity index (χ3v) is 7.29. The van der Waals surface area contributed by atoms with Gasteiger partial charge in [-0.1, -0.05) is 12.1 Å². The zero-order valence-electron chi connectivity index (χ0n) is 17.7. The van der Waals surface area contributed by atoms with Gasteiger partial charge in [0.1, 0.15) is 5.82 Å². The van der Waals surface area contributed by atoms with E-state index in [-0.39, 0.29) is 29.5 Å². The van der Waals surface area contributed by atoms with E-state index in [0.29, 0.717) is 41.2 Å². The number of hydrogen-bond acceptors (Lipinski definition) is 7. The Kier molecular flexibility index (Phi) is 5.04. The smallest absolute Gasteiger partial charge is 0.307 e. The number of ether oxygens (including phenoxy) is 1. The molecule has 1 N–H and O–H groups in total. The first-order chi connectivity index (χ1) is 15.7. The van der Waals surface area contributed by atoms with E-state index >= 15 is 0 Å². The highest BCUT2D eigenvalue weighted by Crippen LogP contribution is 2.40. The third kappa shape index (κ3) is 3.91. The first kappa shape index (κ1) is 21.3. The number of anilines is 2. The number of methoxy groups -OCH3 is 1. The van der Waals surface area contributed by atoms with Crippen LogP contribution in [0.4, 0.5) is 15.9 Å². The third-order valence-electron chi connectivity index (χ3n) is 5.85. The van der Waals surface area contributed by atoms with E-state index in [0.717, 1.165) is 11.3 Å². The molecule has 170 valence electrons. The Labute approximate surface area is 189 Å². The summed E-state index contributed by atoms with van der Waals surface area (Å²) in [6.07, 6.45) is 0.600. The number of carboxylic acids is 1. The molecule has 0 radical (unpaired) electrons. The minimum absolute atomic E-state index is 0.0678. The maximum absolute atomic E-state index is 14.3. The van der Waals surface area contributed by atoms with Crippen molar-refractivity contribution < 1.29 is 27.4 Å². The van der Waals surface area contributed by atoms with Crippen molar-refractivity contribution >= 4 is 27.3 Å². The Bertz CT molecular complexity index is 1410. The molecule has 0 atom stereocenters. The van der Waals surface area contributed by atoms with Crippen LogP contribution in [0.3, 0.4) is 0 Å². The fourth-order valence-corrected chi connectivity index (χ4v) is 5.87. The predicted molar refractivity (Wildman–Crippen MR) is 119 cm³/mol. The number of benzene rings is 2. The van der Waals surface area contributed by atoms with Gasteiger partial charge in [0, 0.05) is 23.4 Å². The summed E-state index contributed by atoms with van der Waals surface area (Å²) in [7, 11) is -1.99. The van der Waals surface area contributed by atoms with Gasteiger partial charge in [0.25, 0.3) is 0 Å². The highest BCUT2D eigenvalue weighted by Gasteiger charge is 2.34. The average molecular weight is 469 g/mol. The lowest BCUT2D eigenvalue weighted by molar-refractivity contribution is -0.136. The van der Waals surface area contributed by atoms with Crippen LogP contribution in [-0.4, -0.2) is 43.1 Å². The Morgan fingerprint density at radius 3 is 2.73 bits per heavy atom. The molecule has 0 spiro atoms. The van der Waals surface area contributed by atoms with Crippen molar-refractivity contribution in [3.05, 3.63) is 64.6 Å². The summed E-state index contributed by atoms with van der Waals surface area (Å²) in [5, 5.41) is 9.07. The predicted octanol–water partition coefficient (Wildman–Crippen LogP) is 3.04. The van der Waals surface area contributed by atoms with E-state index in [1.54, 1.807) is 12.1 Å². The Morgan fingerprint density at radius 2 is 2.00 bits per heavy atom. The van der Waals surface area contributed by atoms with Gasteiger partial charge in [-0.05, 0) is 41.8 Å². The van der Waals surface area contributed by atoms with Gasteiger partial charge >= 0.3 is 5.97 Å². The highest BCUT2D eigenvalue weighted by molar-refractivity contribution is 7.90. The minimum atomic E-state index is -3.36. The molecule has 2 aliphatic heterocycles. The van der Waals surface area contributed by atoms with Crippen LogP contribution in [0, 0.1) is 5.82 Å². The van der Waals surface area contributed by atoms with E-state index < -0.39 is 21.6 Å². The number of fused-ring (bicyclic) bond motifs is 2. The molecule has 0 unspecified atom stereocenters. The van der Waals surface area contributed by atoms with Crippen LogP contribution in [0.25, 0.3) is 11.4 Å². The van der Waals surface area contributed by atoms with Gasteiger partial charge in [-0.15, -0.1) is 0 Å². The van der Waals surface area contributed by atoms with Crippen molar-refractivity contribution in [2.45, 2.75) is 24.3 Å². The number of carboxylic acid groups (broad SMARTS) is 1. The maximum atomic E-state index is 14.3. The van der Waals surface area contributed by atoms with E-state index in [1.165, 1.54) is 19.2 Å². The number of hydrogen-bond donors (Lipinski definition) is 1. The minimum Gasteiger partial charge on any atom is -0.494 e. The molecule has 0 fully saturated rings. The highest BCUT2D eigenvalue weighted by atomic mass is 32.2. The molecular formula is C23H20FN3O5S. The molecule has 5 rings (SSSR count). The van der Waals surface area contributed by atoms with Gasteiger partial charge < -0.3 is 14.7 Å². The maximum Gasteiger partial charge on any atom is 0.307 e. The van der Waals surface area contributed by atoms with Crippen molar-refractivity contribution in [3.63, 3.8) is 0 Å². The second-order valence-corrected chi connectivity index (χ2v) is 10.2. The molecule has 2 aliphatic rings. The largest absolute Gasteiger partial charge is 0.494 e. The Balaban J connectivity index is 1.62. The van der Waals surface area contributed by atoms with Crippen LogP contribution in [0.5, 0.6) is 5.75 Å². The Morgan fingerprint density at radius 1 is 1.18 bits per heavy atom. The molecule has 0 aliphatic carbocycles. The fourth-order valence-electron chi connectivity index (χ4n) is 4.38. The molecule has 33 heavy (non-hydrogen) atoms. The van der Waals surface area contributed by atoms with Gasteiger partial charge in [0.15, 0.2) is 27.2 Å². The summed E-state index contributed by atoms with van der Waals surface area (Å²) in [5.74, 6) is -1.01. The van der Waals surface area contributed by atoms with E-state index in [4.69, 9.17) is 9.84 Å². The molecule has 0 saturated carbocycles. The van der Waals surface area contributed by atoms with Crippen LogP contribution >= 0.6 is 0 Å². The summed E-state index contributed by atoms with van der Waals surface area (Å²) in [6, 6.07) is 9.83. The first-order valence-corrected chi connectivity index (χ1v) is 12.1. The van der Waals surface area contributed by atoms with Gasteiger partial charge in [-0.25, -0.2) is 22.8 Å². The summed E-state index contributed by atoms with van der Waals surface area (Å²) in [6.45, 7) is 0.561. The van der Waals surface area contributed by atoms with Crippen LogP contribution in [-0.2, 0) is 39.0 Å². The molecule has 3 aromatic rings. The van der Waals surface area contributed by atoms with E-state index in [1.807, 2.05) is 17.0 Å². The van der Waals surface area contributed by atoms with Crippen LogP contribution in [0.15, 0.2) is 36.4 Å². The van der Waals surface area contributed by atoms with Crippen molar-refractivity contribution in [2.75, 3.05) is 18.6 Å². The fraction of sp³-hybridized carbons (Fsp3) is 0.261. The van der Waals surface area contributed by atoms with E-state index in [2.05, 4.69) is 9.97 Å². The summed E-state index contributed by atoms with van der Waals surface area (Å²) >= 11 is 0. The first-order valence-electron chi connectivity index (χ1n) is 10.3. The van der Waals surface area contributed by atoms with Crippen LogP contribution in [0.1, 0.15) is 22.4 Å². The molecule has 0 saturated heterocycles. The normalized spacial score (nSPS) is 15.9. The van der Waals surface area contributed by atoms with Crippen molar-refractivity contribution in [1.29, 1.82) is 0 Å². The lowest BCUT2D eigenvalue weighted by atomic mass is 10.1. The second kappa shape index (κ2) is 7.80. The molecule has 10 heteroatoms. The van der Waals surface area contributed by atoms with Crippen molar-refractivity contribution in [1.82, 2.24) is 9.97 Å². The number of aliphatic carboxylic acids is 1. The summed E-state index contributed by atoms with van der Waals surface area (Å²) in [5.41, 5.74) is 3.91. The molecule has 0 bridgehead atoms. The molecular weight excluding hydrogens is 449 g/mol. The van der Waals surface area contributed by atoms with Gasteiger partial charge in [-0.3, -0.25) is 4.79 Å². The summed E-state index contributed by atoms with van der Waals surface area (Å²) in [4.78, 5) is 22.1. The quantitative estimate of drug-likeness (QED) is 0.607. The standard InChI is InChI=1S/C23H20FN3O5S/c1-32-20-5-3-15(10-17(20)24)22-25-18-12-33(30,31)11-16(18)23(26-22)27-7-6-14-8-13(9-21(28)29)2-4-19(14)27/h2-5,8,10H,6-7,9,11-12H2,1H3,(H,28,29). The second-order valence-electron chi connectivity index (χ2n) is 8.11.